The summed E-state index contributed by atoms with van der Waals surface area (Å²) in [5.74, 6) is -1.02. The van der Waals surface area contributed by atoms with E-state index in [0.29, 0.717) is 30.2 Å². The molecule has 2 heterocycles. The van der Waals surface area contributed by atoms with E-state index in [9.17, 15) is 9.59 Å². The number of hydrogen-bond donors (Lipinski definition) is 1. The van der Waals surface area contributed by atoms with Gasteiger partial charge in [-0.1, -0.05) is 6.07 Å². The van der Waals surface area contributed by atoms with E-state index >= 15 is 0 Å². The fourth-order valence-corrected chi connectivity index (χ4v) is 3.16. The second-order valence-electron chi connectivity index (χ2n) is 6.99. The molecule has 0 bridgehead atoms. The van der Waals surface area contributed by atoms with Crippen molar-refractivity contribution >= 4 is 23.3 Å². The maximum absolute atomic E-state index is 12.5. The van der Waals surface area contributed by atoms with E-state index in [4.69, 9.17) is 9.47 Å². The molecular weight excluding hydrogens is 400 g/mol. The molecular formula is C21H22N6O4. The number of carbonyl (C=O) groups excluding carboxylic acids is 2. The lowest BCUT2D eigenvalue weighted by molar-refractivity contribution is -0.123. The molecule has 10 heteroatoms. The fourth-order valence-electron chi connectivity index (χ4n) is 3.16. The summed E-state index contributed by atoms with van der Waals surface area (Å²) in [5, 5.41) is 13.7. The Balaban J connectivity index is 1.34. The zero-order chi connectivity index (χ0) is 21.6. The van der Waals surface area contributed by atoms with Crippen LogP contribution < -0.4 is 10.2 Å². The number of morpholine rings is 1. The van der Waals surface area contributed by atoms with Crippen LogP contribution in [-0.4, -0.2) is 64.5 Å². The molecule has 0 radical (unpaired) electrons. The highest BCUT2D eigenvalue weighted by molar-refractivity contribution is 5.97. The minimum Gasteiger partial charge on any atom is -0.449 e. The molecule has 1 N–H and O–H groups in total. The molecule has 0 saturated carbocycles. The molecule has 0 spiro atoms. The number of aromatic nitrogens is 4. The Morgan fingerprint density at radius 3 is 2.58 bits per heavy atom. The molecule has 3 aromatic rings. The molecule has 2 aromatic carbocycles. The largest absolute Gasteiger partial charge is 0.449 e. The van der Waals surface area contributed by atoms with Crippen molar-refractivity contribution in [3.63, 3.8) is 0 Å². The van der Waals surface area contributed by atoms with Crippen molar-refractivity contribution in [2.75, 3.05) is 36.5 Å². The smallest absolute Gasteiger partial charge is 0.338 e. The summed E-state index contributed by atoms with van der Waals surface area (Å²) in [6, 6.07) is 14.2. The van der Waals surface area contributed by atoms with Crippen LogP contribution in [0.2, 0.25) is 0 Å². The number of anilines is 2. The van der Waals surface area contributed by atoms with Gasteiger partial charge in [0.25, 0.3) is 5.91 Å². The van der Waals surface area contributed by atoms with Crippen molar-refractivity contribution in [2.24, 2.45) is 0 Å². The third-order valence-electron chi connectivity index (χ3n) is 4.86. The van der Waals surface area contributed by atoms with Gasteiger partial charge in [-0.05, 0) is 59.8 Å². The van der Waals surface area contributed by atoms with Gasteiger partial charge >= 0.3 is 5.97 Å². The van der Waals surface area contributed by atoms with E-state index in [1.54, 1.807) is 24.3 Å². The maximum Gasteiger partial charge on any atom is 0.338 e. The Labute approximate surface area is 178 Å². The molecule has 160 valence electrons. The molecule has 1 aromatic heterocycles. The zero-order valence-corrected chi connectivity index (χ0v) is 17.0. The summed E-state index contributed by atoms with van der Waals surface area (Å²) in [5.41, 5.74) is 2.60. The molecule has 0 unspecified atom stereocenters. The monoisotopic (exact) mass is 422 g/mol. The predicted molar refractivity (Wildman–Crippen MR) is 112 cm³/mol. The van der Waals surface area contributed by atoms with Crippen molar-refractivity contribution < 1.29 is 19.1 Å². The number of nitrogens with one attached hydrogen (secondary N) is 1. The summed E-state index contributed by atoms with van der Waals surface area (Å²) in [7, 11) is 0. The van der Waals surface area contributed by atoms with Gasteiger partial charge in [0.15, 0.2) is 6.10 Å². The first kappa shape index (κ1) is 20.5. The van der Waals surface area contributed by atoms with Gasteiger partial charge in [-0.2, -0.15) is 0 Å². The van der Waals surface area contributed by atoms with Crippen LogP contribution in [0.1, 0.15) is 17.3 Å². The topological polar surface area (TPSA) is 111 Å². The highest BCUT2D eigenvalue weighted by Gasteiger charge is 2.20. The van der Waals surface area contributed by atoms with Crippen molar-refractivity contribution in [1.82, 2.24) is 20.2 Å². The Morgan fingerprint density at radius 1 is 1.10 bits per heavy atom. The minimum atomic E-state index is -0.969. The number of nitrogens with zero attached hydrogens (tertiary/aromatic N) is 5. The molecule has 1 fully saturated rings. The standard InChI is InChI=1S/C21H22N6O4/c1-15(31-21(29)16-3-2-4-19(13-16)27-14-22-24-25-27)20(28)23-17-5-7-18(8-6-17)26-9-11-30-12-10-26/h2-8,13-15H,9-12H2,1H3,(H,23,28)/t15-/m0/s1. The number of tetrazole rings is 1. The van der Waals surface area contributed by atoms with E-state index < -0.39 is 18.0 Å². The quantitative estimate of drug-likeness (QED) is 0.598. The summed E-state index contributed by atoms with van der Waals surface area (Å²) < 4.78 is 12.1. The third-order valence-corrected chi connectivity index (χ3v) is 4.86. The average molecular weight is 422 g/mol. The lowest BCUT2D eigenvalue weighted by Crippen LogP contribution is -2.36. The first-order valence-electron chi connectivity index (χ1n) is 9.88. The van der Waals surface area contributed by atoms with Crippen molar-refractivity contribution in [1.29, 1.82) is 0 Å². The van der Waals surface area contributed by atoms with Crippen LogP contribution in [0, 0.1) is 0 Å². The van der Waals surface area contributed by atoms with E-state index in [1.165, 1.54) is 17.9 Å². The number of carbonyl (C=O) groups is 2. The van der Waals surface area contributed by atoms with E-state index in [0.717, 1.165) is 18.8 Å². The molecule has 31 heavy (non-hydrogen) atoms. The summed E-state index contributed by atoms with van der Waals surface area (Å²) in [6.07, 6.45) is 0.452. The van der Waals surface area contributed by atoms with Crippen molar-refractivity contribution in [3.05, 3.63) is 60.4 Å². The Bertz CT molecular complexity index is 1030. The van der Waals surface area contributed by atoms with Gasteiger partial charge in [-0.15, -0.1) is 5.10 Å². The average Bonchev–Trinajstić information content (AvgIpc) is 3.35. The summed E-state index contributed by atoms with van der Waals surface area (Å²) in [6.45, 7) is 4.63. The predicted octanol–water partition coefficient (Wildman–Crippen LogP) is 1.68. The normalized spacial score (nSPS) is 14.7. The highest BCUT2D eigenvalue weighted by Crippen LogP contribution is 2.19. The summed E-state index contributed by atoms with van der Waals surface area (Å²) in [4.78, 5) is 27.2. The summed E-state index contributed by atoms with van der Waals surface area (Å²) >= 11 is 0. The number of amides is 1. The Hall–Kier alpha value is -3.79. The fraction of sp³-hybridized carbons (Fsp3) is 0.286. The van der Waals surface area contributed by atoms with Crippen molar-refractivity contribution in [3.8, 4) is 5.69 Å². The zero-order valence-electron chi connectivity index (χ0n) is 17.0. The Kier molecular flexibility index (Phi) is 6.18. The highest BCUT2D eigenvalue weighted by atomic mass is 16.5. The third kappa shape index (κ3) is 5.04. The molecule has 1 saturated heterocycles. The van der Waals surface area contributed by atoms with Crippen LogP contribution in [0.25, 0.3) is 5.69 Å². The first-order valence-corrected chi connectivity index (χ1v) is 9.88. The van der Waals surface area contributed by atoms with E-state index in [-0.39, 0.29) is 0 Å². The van der Waals surface area contributed by atoms with Crippen LogP contribution in [0.5, 0.6) is 0 Å². The first-order chi connectivity index (χ1) is 15.1. The molecule has 0 aliphatic carbocycles. The Morgan fingerprint density at radius 2 is 1.87 bits per heavy atom. The number of hydrogen-bond acceptors (Lipinski definition) is 8. The lowest BCUT2D eigenvalue weighted by Gasteiger charge is -2.28. The van der Waals surface area contributed by atoms with Gasteiger partial charge in [0.05, 0.1) is 24.5 Å². The van der Waals surface area contributed by atoms with Gasteiger partial charge in [-0.3, -0.25) is 4.79 Å². The lowest BCUT2D eigenvalue weighted by atomic mass is 10.2. The van der Waals surface area contributed by atoms with E-state index in [1.807, 2.05) is 24.3 Å². The number of rotatable bonds is 6. The molecule has 10 nitrogen and oxygen atoms in total. The van der Waals surface area contributed by atoms with Gasteiger partial charge in [0, 0.05) is 24.5 Å². The van der Waals surface area contributed by atoms with E-state index in [2.05, 4.69) is 25.7 Å². The van der Waals surface area contributed by atoms with Crippen LogP contribution in [-0.2, 0) is 14.3 Å². The van der Waals surface area contributed by atoms with Gasteiger partial charge in [0.2, 0.25) is 0 Å². The molecule has 1 atom stereocenters. The van der Waals surface area contributed by atoms with Gasteiger partial charge < -0.3 is 19.7 Å². The number of esters is 1. The molecule has 1 amide bonds. The van der Waals surface area contributed by atoms with Crippen LogP contribution in [0.4, 0.5) is 11.4 Å². The van der Waals surface area contributed by atoms with Crippen LogP contribution in [0.3, 0.4) is 0 Å². The van der Waals surface area contributed by atoms with Crippen LogP contribution in [0.15, 0.2) is 54.9 Å². The van der Waals surface area contributed by atoms with Crippen LogP contribution >= 0.6 is 0 Å². The second kappa shape index (κ2) is 9.35. The minimum absolute atomic E-state index is 0.294. The maximum atomic E-state index is 12.5. The molecule has 4 rings (SSSR count). The second-order valence-corrected chi connectivity index (χ2v) is 6.99. The van der Waals surface area contributed by atoms with Gasteiger partial charge in [-0.25, -0.2) is 9.48 Å². The molecule has 1 aliphatic heterocycles. The SMILES string of the molecule is C[C@H](OC(=O)c1cccc(-n2cnnn2)c1)C(=O)Nc1ccc(N2CCOCC2)cc1. The number of benzene rings is 2. The number of ether oxygens (including phenoxy) is 2. The molecule has 1 aliphatic rings. The van der Waals surface area contributed by atoms with Gasteiger partial charge in [0.1, 0.15) is 6.33 Å². The van der Waals surface area contributed by atoms with Crippen molar-refractivity contribution in [2.45, 2.75) is 13.0 Å².